The van der Waals surface area contributed by atoms with Crippen LogP contribution in [0.15, 0.2) is 35.5 Å². The summed E-state index contributed by atoms with van der Waals surface area (Å²) in [5.41, 5.74) is 1.18. The van der Waals surface area contributed by atoms with Crippen molar-refractivity contribution in [3.63, 3.8) is 0 Å². The Morgan fingerprint density at radius 3 is 2.92 bits per heavy atom. The van der Waals surface area contributed by atoms with Crippen LogP contribution in [0.25, 0.3) is 5.52 Å². The first-order valence-electron chi connectivity index (χ1n) is 3.88. The molecule has 0 N–H and O–H groups in total. The third kappa shape index (κ3) is 1.20. The van der Waals surface area contributed by atoms with E-state index < -0.39 is 0 Å². The second kappa shape index (κ2) is 2.83. The van der Waals surface area contributed by atoms with Crippen LogP contribution in [0.4, 0.5) is 0 Å². The van der Waals surface area contributed by atoms with Crippen molar-refractivity contribution in [2.75, 3.05) is 12.5 Å². The van der Waals surface area contributed by atoms with Crippen molar-refractivity contribution in [3.8, 4) is 0 Å². The molecule has 0 amide bonds. The molecule has 0 aliphatic heterocycles. The van der Waals surface area contributed by atoms with Gasteiger partial charge < -0.3 is 0 Å². The summed E-state index contributed by atoms with van der Waals surface area (Å²) in [6.45, 7) is 0. The van der Waals surface area contributed by atoms with Crippen molar-refractivity contribution < 1.29 is 0 Å². The standard InChI is InChI=1S/C9H12N2S/c1-12(2)9-4-6-11-8(7-9)3-5-10-11/h3-7,12H,1-2H3. The first kappa shape index (κ1) is 7.68. The van der Waals surface area contributed by atoms with Crippen LogP contribution in [0.2, 0.25) is 0 Å². The van der Waals surface area contributed by atoms with Gasteiger partial charge in [-0.15, -0.1) is 0 Å². The first-order valence-corrected chi connectivity index (χ1v) is 6.12. The lowest BCUT2D eigenvalue weighted by Gasteiger charge is -2.08. The predicted molar refractivity (Wildman–Crippen MR) is 54.3 cm³/mol. The second-order valence-electron chi connectivity index (χ2n) is 2.98. The Labute approximate surface area is 74.6 Å². The van der Waals surface area contributed by atoms with Crippen molar-refractivity contribution >= 4 is 16.4 Å². The molecule has 3 heteroatoms. The third-order valence-corrected chi connectivity index (χ3v) is 3.21. The molecule has 64 valence electrons. The summed E-state index contributed by atoms with van der Waals surface area (Å²) in [6.07, 6.45) is 8.37. The number of hydrogen-bond acceptors (Lipinski definition) is 1. The molecular weight excluding hydrogens is 168 g/mol. The van der Waals surface area contributed by atoms with E-state index in [4.69, 9.17) is 0 Å². The lowest BCUT2D eigenvalue weighted by Crippen LogP contribution is -1.86. The maximum atomic E-state index is 4.14. The van der Waals surface area contributed by atoms with Gasteiger partial charge in [-0.25, -0.2) is 15.4 Å². The Morgan fingerprint density at radius 2 is 2.17 bits per heavy atom. The summed E-state index contributed by atoms with van der Waals surface area (Å²) in [7, 11) is 0.00900. The van der Waals surface area contributed by atoms with E-state index in [1.54, 1.807) is 0 Å². The van der Waals surface area contributed by atoms with E-state index in [2.05, 4.69) is 29.7 Å². The molecule has 2 rings (SSSR count). The van der Waals surface area contributed by atoms with Crippen LogP contribution in [0.3, 0.4) is 0 Å². The van der Waals surface area contributed by atoms with Crippen LogP contribution in [0, 0.1) is 0 Å². The quantitative estimate of drug-likeness (QED) is 0.664. The molecule has 0 fully saturated rings. The molecule has 0 unspecified atom stereocenters. The van der Waals surface area contributed by atoms with Crippen molar-refractivity contribution in [2.45, 2.75) is 4.90 Å². The number of rotatable bonds is 1. The van der Waals surface area contributed by atoms with Crippen LogP contribution in [0.5, 0.6) is 0 Å². The number of hydrogen-bond donors (Lipinski definition) is 1. The minimum atomic E-state index is 0.00900. The van der Waals surface area contributed by atoms with Crippen LogP contribution in [-0.2, 0) is 0 Å². The molecule has 0 aliphatic rings. The molecule has 0 bridgehead atoms. The number of thiol groups is 1. The zero-order valence-corrected chi connectivity index (χ0v) is 8.12. The topological polar surface area (TPSA) is 17.3 Å². The normalized spacial score (nSPS) is 12.0. The Hall–Kier alpha value is -0.960. The maximum Gasteiger partial charge on any atom is 0.0672 e. The van der Waals surface area contributed by atoms with Crippen LogP contribution in [-0.4, -0.2) is 22.1 Å². The number of nitrogens with zero attached hydrogens (tertiary/aromatic N) is 2. The lowest BCUT2D eigenvalue weighted by molar-refractivity contribution is 0.953. The van der Waals surface area contributed by atoms with E-state index in [-0.39, 0.29) is 10.9 Å². The zero-order valence-electron chi connectivity index (χ0n) is 7.23. The molecule has 2 nitrogen and oxygen atoms in total. The molecular formula is C9H12N2S. The number of aromatic nitrogens is 2. The lowest BCUT2D eigenvalue weighted by atomic mass is 10.4. The van der Waals surface area contributed by atoms with Gasteiger partial charge in [0.1, 0.15) is 0 Å². The van der Waals surface area contributed by atoms with E-state index in [1.165, 1.54) is 10.4 Å². The van der Waals surface area contributed by atoms with Gasteiger partial charge in [0, 0.05) is 12.4 Å². The maximum absolute atomic E-state index is 4.14. The highest BCUT2D eigenvalue weighted by atomic mass is 32.2. The molecule has 2 aromatic rings. The highest BCUT2D eigenvalue weighted by molar-refractivity contribution is 8.15. The molecule has 0 atom stereocenters. The molecule has 0 radical (unpaired) electrons. The average Bonchev–Trinajstić information content (AvgIpc) is 2.49. The molecule has 0 spiro atoms. The van der Waals surface area contributed by atoms with Gasteiger partial charge in [0.2, 0.25) is 0 Å². The molecule has 2 heterocycles. The van der Waals surface area contributed by atoms with Gasteiger partial charge >= 0.3 is 0 Å². The Kier molecular flexibility index (Phi) is 1.81. The molecule has 0 aromatic carbocycles. The number of pyridine rings is 1. The Morgan fingerprint density at radius 1 is 1.33 bits per heavy atom. The predicted octanol–water partition coefficient (Wildman–Crippen LogP) is 1.95. The van der Waals surface area contributed by atoms with Crippen LogP contribution >= 0.6 is 10.9 Å². The molecule has 0 saturated carbocycles. The third-order valence-electron chi connectivity index (χ3n) is 1.90. The summed E-state index contributed by atoms with van der Waals surface area (Å²) < 4.78 is 1.89. The summed E-state index contributed by atoms with van der Waals surface area (Å²) in [5, 5.41) is 4.14. The van der Waals surface area contributed by atoms with Crippen LogP contribution in [0.1, 0.15) is 0 Å². The van der Waals surface area contributed by atoms with Crippen molar-refractivity contribution in [3.05, 3.63) is 30.6 Å². The minimum absolute atomic E-state index is 0.00900. The fraction of sp³-hybridized carbons (Fsp3) is 0.222. The van der Waals surface area contributed by atoms with E-state index in [9.17, 15) is 0 Å². The van der Waals surface area contributed by atoms with Gasteiger partial charge in [0.05, 0.1) is 5.52 Å². The zero-order chi connectivity index (χ0) is 8.55. The van der Waals surface area contributed by atoms with Crippen molar-refractivity contribution in [1.29, 1.82) is 0 Å². The second-order valence-corrected chi connectivity index (χ2v) is 5.29. The first-order chi connectivity index (χ1) is 5.77. The monoisotopic (exact) mass is 180 g/mol. The summed E-state index contributed by atoms with van der Waals surface area (Å²) in [6, 6.07) is 6.38. The van der Waals surface area contributed by atoms with Crippen molar-refractivity contribution in [2.24, 2.45) is 0 Å². The average molecular weight is 180 g/mol. The fourth-order valence-corrected chi connectivity index (χ4v) is 1.94. The van der Waals surface area contributed by atoms with Gasteiger partial charge in [0.15, 0.2) is 0 Å². The van der Waals surface area contributed by atoms with E-state index in [0.29, 0.717) is 0 Å². The highest BCUT2D eigenvalue weighted by Crippen LogP contribution is 2.28. The number of fused-ring (bicyclic) bond motifs is 1. The fourth-order valence-electron chi connectivity index (χ4n) is 1.19. The van der Waals surface area contributed by atoms with Crippen LogP contribution < -0.4 is 0 Å². The van der Waals surface area contributed by atoms with Gasteiger partial charge in [-0.1, -0.05) is 0 Å². The van der Waals surface area contributed by atoms with Gasteiger partial charge in [0.25, 0.3) is 0 Å². The Balaban J connectivity index is 2.60. The molecule has 0 saturated heterocycles. The summed E-state index contributed by atoms with van der Waals surface area (Å²) in [5.74, 6) is 0. The molecule has 12 heavy (non-hydrogen) atoms. The van der Waals surface area contributed by atoms with Gasteiger partial charge in [-0.3, -0.25) is 0 Å². The van der Waals surface area contributed by atoms with E-state index >= 15 is 0 Å². The van der Waals surface area contributed by atoms with Crippen molar-refractivity contribution in [1.82, 2.24) is 9.61 Å². The van der Waals surface area contributed by atoms with E-state index in [0.717, 1.165) is 0 Å². The van der Waals surface area contributed by atoms with E-state index in [1.807, 2.05) is 23.0 Å². The Bertz CT molecular complexity index is 392. The molecule has 2 aromatic heterocycles. The van der Waals surface area contributed by atoms with Gasteiger partial charge in [-0.05, 0) is 35.6 Å². The largest absolute Gasteiger partial charge is 0.241 e. The molecule has 0 aliphatic carbocycles. The summed E-state index contributed by atoms with van der Waals surface area (Å²) in [4.78, 5) is 1.43. The highest BCUT2D eigenvalue weighted by Gasteiger charge is 1.97. The smallest absolute Gasteiger partial charge is 0.0672 e. The minimum Gasteiger partial charge on any atom is -0.241 e. The SMILES string of the molecule is C[SH](C)c1ccn2nccc2c1. The van der Waals surface area contributed by atoms with Gasteiger partial charge in [-0.2, -0.15) is 5.10 Å². The summed E-state index contributed by atoms with van der Waals surface area (Å²) >= 11 is 0.